The van der Waals surface area contributed by atoms with E-state index in [1.165, 1.54) is 0 Å². The largest absolute Gasteiger partial charge is 0.235 e. The molecule has 0 radical (unpaired) electrons. The third-order valence-electron chi connectivity index (χ3n) is 1.87. The van der Waals surface area contributed by atoms with Gasteiger partial charge >= 0.3 is 0 Å². The van der Waals surface area contributed by atoms with Gasteiger partial charge < -0.3 is 0 Å². The van der Waals surface area contributed by atoms with Crippen LogP contribution < -0.4 is 0 Å². The van der Waals surface area contributed by atoms with E-state index in [2.05, 4.69) is 41.8 Å². The van der Waals surface area contributed by atoms with Gasteiger partial charge in [-0.3, -0.25) is 0 Å². The van der Waals surface area contributed by atoms with Crippen LogP contribution in [0.3, 0.4) is 0 Å². The van der Waals surface area contributed by atoms with Crippen LogP contribution in [0.2, 0.25) is 10.2 Å². The molecule has 6 heteroatoms. The molecule has 1 heterocycles. The summed E-state index contributed by atoms with van der Waals surface area (Å²) in [5, 5.41) is 0.998. The Hall–Kier alpha value is -0.160. The molecule has 0 amide bonds. The third-order valence-corrected chi connectivity index (χ3v) is 3.89. The van der Waals surface area contributed by atoms with Crippen molar-refractivity contribution in [1.82, 2.24) is 9.97 Å². The summed E-state index contributed by atoms with van der Waals surface area (Å²) >= 11 is 18.5. The molecule has 0 N–H and O–H groups in total. The fourth-order valence-electron chi connectivity index (χ4n) is 1.14. The lowest BCUT2D eigenvalue weighted by Crippen LogP contribution is -1.90. The van der Waals surface area contributed by atoms with Gasteiger partial charge in [0.1, 0.15) is 5.15 Å². The second-order valence-corrected chi connectivity index (χ2v) is 5.46. The molecule has 0 fully saturated rings. The fraction of sp³-hybridized carbons (Fsp3) is 0. The molecule has 1 aromatic heterocycles. The van der Waals surface area contributed by atoms with Crippen LogP contribution in [0.1, 0.15) is 0 Å². The Kier molecular flexibility index (Phi) is 3.85. The molecule has 2 aromatic rings. The lowest BCUT2D eigenvalue weighted by molar-refractivity contribution is 1.16. The molecule has 0 aliphatic carbocycles. The molecule has 0 aliphatic heterocycles. The number of nitrogens with zero attached hydrogens (tertiary/aromatic N) is 2. The topological polar surface area (TPSA) is 25.8 Å². The number of hydrogen-bond acceptors (Lipinski definition) is 2. The van der Waals surface area contributed by atoms with Crippen molar-refractivity contribution in [1.29, 1.82) is 0 Å². The first-order chi connectivity index (χ1) is 7.58. The molecule has 2 rings (SSSR count). The summed E-state index contributed by atoms with van der Waals surface area (Å²) in [6.45, 7) is 0. The predicted molar refractivity (Wildman–Crippen MR) is 72.9 cm³/mol. The van der Waals surface area contributed by atoms with E-state index >= 15 is 0 Å². The summed E-state index contributed by atoms with van der Waals surface area (Å²) in [5.41, 5.74) is 0.807. The fourth-order valence-corrected chi connectivity index (χ4v) is 2.06. The third kappa shape index (κ3) is 2.56. The molecule has 0 spiro atoms. The SMILES string of the molecule is Clc1ccc(Br)c(-c2ncc(Br)c(Cl)n2)c1. The first-order valence-electron chi connectivity index (χ1n) is 4.21. The van der Waals surface area contributed by atoms with E-state index in [-0.39, 0.29) is 0 Å². The maximum Gasteiger partial charge on any atom is 0.162 e. The molecule has 0 saturated heterocycles. The highest BCUT2D eigenvalue weighted by Crippen LogP contribution is 2.30. The zero-order chi connectivity index (χ0) is 11.7. The molecule has 0 aliphatic rings. The second-order valence-electron chi connectivity index (χ2n) is 2.96. The van der Waals surface area contributed by atoms with Crippen molar-refractivity contribution in [2.75, 3.05) is 0 Å². The van der Waals surface area contributed by atoms with Crippen LogP contribution in [0.15, 0.2) is 33.3 Å². The van der Waals surface area contributed by atoms with Gasteiger partial charge in [-0.05, 0) is 34.1 Å². The summed E-state index contributed by atoms with van der Waals surface area (Å²) in [5.74, 6) is 0.530. The highest BCUT2D eigenvalue weighted by molar-refractivity contribution is 9.11. The maximum absolute atomic E-state index is 5.92. The molecule has 0 bridgehead atoms. The van der Waals surface area contributed by atoms with Gasteiger partial charge in [0.25, 0.3) is 0 Å². The molecule has 2 nitrogen and oxygen atoms in total. The molecular formula is C10H4Br2Cl2N2. The van der Waals surface area contributed by atoms with E-state index in [0.29, 0.717) is 20.5 Å². The lowest BCUT2D eigenvalue weighted by Gasteiger charge is -2.04. The number of rotatable bonds is 1. The van der Waals surface area contributed by atoms with Gasteiger partial charge in [0, 0.05) is 21.3 Å². The zero-order valence-electron chi connectivity index (χ0n) is 7.72. The van der Waals surface area contributed by atoms with Crippen molar-refractivity contribution >= 4 is 55.1 Å². The van der Waals surface area contributed by atoms with Crippen molar-refractivity contribution in [3.63, 3.8) is 0 Å². The molecule has 82 valence electrons. The van der Waals surface area contributed by atoms with Gasteiger partial charge in [-0.1, -0.05) is 39.1 Å². The van der Waals surface area contributed by atoms with E-state index < -0.39 is 0 Å². The number of aromatic nitrogens is 2. The standard InChI is InChI=1S/C10H4Br2Cl2N2/c11-7-2-1-5(13)3-6(7)10-15-4-8(12)9(14)16-10/h1-4H. The van der Waals surface area contributed by atoms with Crippen molar-refractivity contribution in [3.8, 4) is 11.4 Å². The number of hydrogen-bond donors (Lipinski definition) is 0. The smallest absolute Gasteiger partial charge is 0.162 e. The highest BCUT2D eigenvalue weighted by Gasteiger charge is 2.09. The van der Waals surface area contributed by atoms with Gasteiger partial charge in [-0.15, -0.1) is 0 Å². The van der Waals surface area contributed by atoms with Crippen LogP contribution in [0.25, 0.3) is 11.4 Å². The molecule has 16 heavy (non-hydrogen) atoms. The van der Waals surface area contributed by atoms with Crippen molar-refractivity contribution in [2.45, 2.75) is 0 Å². The Morgan fingerprint density at radius 1 is 1.06 bits per heavy atom. The van der Waals surface area contributed by atoms with Crippen LogP contribution in [0.4, 0.5) is 0 Å². The Morgan fingerprint density at radius 3 is 2.50 bits per heavy atom. The molecule has 0 saturated carbocycles. The number of halogens is 4. The summed E-state index contributed by atoms with van der Waals surface area (Å²) in [4.78, 5) is 8.34. The minimum atomic E-state index is 0.372. The minimum absolute atomic E-state index is 0.372. The van der Waals surface area contributed by atoms with E-state index in [0.717, 1.165) is 10.0 Å². The lowest BCUT2D eigenvalue weighted by atomic mass is 10.2. The zero-order valence-corrected chi connectivity index (χ0v) is 12.4. The Bertz CT molecular complexity index is 546. The summed E-state index contributed by atoms with van der Waals surface area (Å²) in [6, 6.07) is 5.41. The monoisotopic (exact) mass is 380 g/mol. The van der Waals surface area contributed by atoms with E-state index in [1.807, 2.05) is 6.07 Å². The average Bonchev–Trinajstić information content (AvgIpc) is 2.26. The molecule has 1 aromatic carbocycles. The van der Waals surface area contributed by atoms with Crippen LogP contribution in [-0.4, -0.2) is 9.97 Å². The van der Waals surface area contributed by atoms with E-state index in [1.54, 1.807) is 18.3 Å². The first kappa shape index (κ1) is 12.3. The summed E-state index contributed by atoms with van der Waals surface area (Å²) < 4.78 is 1.53. The van der Waals surface area contributed by atoms with Crippen molar-refractivity contribution in [2.24, 2.45) is 0 Å². The van der Waals surface area contributed by atoms with Gasteiger partial charge in [0.2, 0.25) is 0 Å². The van der Waals surface area contributed by atoms with Crippen molar-refractivity contribution in [3.05, 3.63) is 43.5 Å². The van der Waals surface area contributed by atoms with Crippen LogP contribution in [0.5, 0.6) is 0 Å². The van der Waals surface area contributed by atoms with Gasteiger partial charge in [0.15, 0.2) is 5.82 Å². The average molecular weight is 383 g/mol. The first-order valence-corrected chi connectivity index (χ1v) is 6.55. The van der Waals surface area contributed by atoms with Crippen LogP contribution in [-0.2, 0) is 0 Å². The Balaban J connectivity index is 2.58. The Labute approximate surface area is 119 Å². The Morgan fingerprint density at radius 2 is 1.81 bits per heavy atom. The molecular weight excluding hydrogens is 379 g/mol. The molecule has 0 unspecified atom stereocenters. The maximum atomic E-state index is 5.92. The van der Waals surface area contributed by atoms with Crippen molar-refractivity contribution < 1.29 is 0 Å². The molecule has 0 atom stereocenters. The van der Waals surface area contributed by atoms with Gasteiger partial charge in [-0.25, -0.2) is 9.97 Å². The van der Waals surface area contributed by atoms with Crippen LogP contribution in [0, 0.1) is 0 Å². The second kappa shape index (κ2) is 5.00. The van der Waals surface area contributed by atoms with Crippen LogP contribution >= 0.6 is 55.1 Å². The van der Waals surface area contributed by atoms with E-state index in [9.17, 15) is 0 Å². The summed E-state index contributed by atoms with van der Waals surface area (Å²) in [6.07, 6.45) is 1.61. The summed E-state index contributed by atoms with van der Waals surface area (Å²) in [7, 11) is 0. The predicted octanol–water partition coefficient (Wildman–Crippen LogP) is 4.98. The highest BCUT2D eigenvalue weighted by atomic mass is 79.9. The van der Waals surface area contributed by atoms with Gasteiger partial charge in [0.05, 0.1) is 4.47 Å². The number of benzene rings is 1. The minimum Gasteiger partial charge on any atom is -0.235 e. The quantitative estimate of drug-likeness (QED) is 0.650. The van der Waals surface area contributed by atoms with E-state index in [4.69, 9.17) is 23.2 Å². The normalized spacial score (nSPS) is 10.5. The van der Waals surface area contributed by atoms with Gasteiger partial charge in [-0.2, -0.15) is 0 Å².